The topological polar surface area (TPSA) is 41.6 Å². The molecule has 1 rings (SSSR count). The van der Waals surface area contributed by atoms with Gasteiger partial charge in [-0.2, -0.15) is 0 Å². The minimum atomic E-state index is -1.90. The molecule has 2 atom stereocenters. The molecular formula is C23H50NO3Si2. The van der Waals surface area contributed by atoms with Gasteiger partial charge in [-0.3, -0.25) is 0 Å². The van der Waals surface area contributed by atoms with Crippen LogP contribution >= 0.6 is 0 Å². The number of piperidine rings is 1. The highest BCUT2D eigenvalue weighted by atomic mass is 28.4. The predicted octanol–water partition coefficient (Wildman–Crippen LogP) is 7.16. The molecule has 173 valence electrons. The third-order valence-electron chi connectivity index (χ3n) is 8.48. The second kappa shape index (κ2) is 9.03. The van der Waals surface area contributed by atoms with Crippen molar-refractivity contribution in [2.24, 2.45) is 0 Å². The predicted molar refractivity (Wildman–Crippen MR) is 129 cm³/mol. The molecule has 0 aliphatic carbocycles. The summed E-state index contributed by atoms with van der Waals surface area (Å²) in [6, 6.07) is 0. The molecule has 1 radical (unpaired) electrons. The van der Waals surface area contributed by atoms with Crippen LogP contribution in [0, 0.1) is 0 Å². The third kappa shape index (κ3) is 5.75. The fraction of sp³-hybridized carbons (Fsp3) is 1.00. The first-order chi connectivity index (χ1) is 12.9. The van der Waals surface area contributed by atoms with E-state index in [1.165, 1.54) is 5.06 Å². The summed E-state index contributed by atoms with van der Waals surface area (Å²) in [5.41, 5.74) is -0.860. The fourth-order valence-corrected chi connectivity index (χ4v) is 5.75. The first-order valence-corrected chi connectivity index (χ1v) is 17.5. The monoisotopic (exact) mass is 444 g/mol. The Kier molecular flexibility index (Phi) is 8.50. The largest absolute Gasteiger partial charge is 0.415 e. The normalized spacial score (nSPS) is 28.0. The number of rotatable bonds is 8. The van der Waals surface area contributed by atoms with Gasteiger partial charge >= 0.3 is 0 Å². The summed E-state index contributed by atoms with van der Waals surface area (Å²) >= 11 is 0. The van der Waals surface area contributed by atoms with Crippen molar-refractivity contribution in [3.8, 4) is 0 Å². The number of hydroxylamine groups is 2. The molecule has 0 N–H and O–H groups in total. The lowest BCUT2D eigenvalue weighted by atomic mass is 9.76. The Morgan fingerprint density at radius 2 is 1.07 bits per heavy atom. The fourth-order valence-electron chi connectivity index (χ4n) is 3.62. The Bertz CT molecular complexity index is 493. The molecule has 0 aromatic carbocycles. The van der Waals surface area contributed by atoms with E-state index in [4.69, 9.17) is 8.85 Å². The van der Waals surface area contributed by atoms with Crippen molar-refractivity contribution < 1.29 is 14.1 Å². The zero-order chi connectivity index (χ0) is 22.9. The van der Waals surface area contributed by atoms with Gasteiger partial charge in [-0.25, -0.2) is 0 Å². The molecule has 0 aromatic heterocycles. The van der Waals surface area contributed by atoms with E-state index in [0.29, 0.717) is 13.2 Å². The average molecular weight is 445 g/mol. The summed E-state index contributed by atoms with van der Waals surface area (Å²) in [6.45, 7) is 28.1. The van der Waals surface area contributed by atoms with E-state index in [1.54, 1.807) is 0 Å². The Labute approximate surface area is 184 Å². The summed E-state index contributed by atoms with van der Waals surface area (Å²) in [5, 5.41) is 15.7. The van der Waals surface area contributed by atoms with E-state index >= 15 is 0 Å². The van der Waals surface area contributed by atoms with Crippen LogP contribution in [0.1, 0.15) is 87.5 Å². The summed E-state index contributed by atoms with van der Waals surface area (Å²) in [6.07, 6.45) is 4.56. The van der Waals surface area contributed by atoms with E-state index in [9.17, 15) is 5.21 Å². The van der Waals surface area contributed by atoms with Gasteiger partial charge in [0, 0.05) is 0 Å². The van der Waals surface area contributed by atoms with Crippen LogP contribution in [0.4, 0.5) is 0 Å². The number of hydrogen-bond acceptors (Lipinski definition) is 3. The zero-order valence-electron chi connectivity index (χ0n) is 21.6. The maximum Gasteiger partial charge on any atom is 0.192 e. The first kappa shape index (κ1) is 27.3. The van der Waals surface area contributed by atoms with Gasteiger partial charge in [-0.15, -0.1) is 10.3 Å². The first-order valence-electron chi connectivity index (χ1n) is 11.7. The maximum atomic E-state index is 14.0. The van der Waals surface area contributed by atoms with Crippen LogP contribution in [0.5, 0.6) is 0 Å². The molecule has 29 heavy (non-hydrogen) atoms. The van der Waals surface area contributed by atoms with Crippen molar-refractivity contribution in [3.63, 3.8) is 0 Å². The van der Waals surface area contributed by atoms with E-state index in [-0.39, 0.29) is 10.1 Å². The van der Waals surface area contributed by atoms with Gasteiger partial charge in [0.15, 0.2) is 16.6 Å². The highest BCUT2D eigenvalue weighted by Crippen LogP contribution is 2.45. The molecule has 1 saturated heterocycles. The van der Waals surface area contributed by atoms with Crippen LogP contribution < -0.4 is 0 Å². The van der Waals surface area contributed by atoms with Crippen molar-refractivity contribution >= 4 is 16.6 Å². The van der Waals surface area contributed by atoms with Gasteiger partial charge in [-0.1, -0.05) is 55.4 Å². The molecule has 0 aromatic rings. The molecule has 6 heteroatoms. The summed E-state index contributed by atoms with van der Waals surface area (Å²) < 4.78 is 13.2. The third-order valence-corrected chi connectivity index (χ3v) is 17.4. The van der Waals surface area contributed by atoms with Crippen LogP contribution in [0.15, 0.2) is 0 Å². The highest BCUT2D eigenvalue weighted by Gasteiger charge is 2.53. The van der Waals surface area contributed by atoms with Crippen LogP contribution in [0.3, 0.4) is 0 Å². The van der Waals surface area contributed by atoms with E-state index in [1.807, 2.05) is 0 Å². The molecule has 1 fully saturated rings. The standard InChI is InChI=1S/C23H50NO3Si2/c1-13-22(18-26-28(9,10)20(3,4)5)16-15-17-23(14-2,24(22)25)19-27-29(11,12)21(6,7)8/h13-19H2,1-12H3. The Hall–Kier alpha value is 0.274. The minimum absolute atomic E-state index is 0.150. The molecule has 1 heterocycles. The SMILES string of the molecule is CCC1(CO[Si](C)(C)C(C)(C)C)CCCC(CC)(CO[Si](C)(C)C(C)(C)C)N1[O]. The summed E-state index contributed by atoms with van der Waals surface area (Å²) in [7, 11) is -3.80. The lowest BCUT2D eigenvalue weighted by molar-refractivity contribution is -0.317. The maximum absolute atomic E-state index is 14.0. The van der Waals surface area contributed by atoms with Gasteiger partial charge < -0.3 is 8.85 Å². The average Bonchev–Trinajstić information content (AvgIpc) is 2.58. The minimum Gasteiger partial charge on any atom is -0.415 e. The van der Waals surface area contributed by atoms with Gasteiger partial charge in [0.2, 0.25) is 0 Å². The lowest BCUT2D eigenvalue weighted by Gasteiger charge is -2.54. The van der Waals surface area contributed by atoms with Crippen molar-refractivity contribution in [1.82, 2.24) is 5.06 Å². The summed E-state index contributed by atoms with van der Waals surface area (Å²) in [4.78, 5) is 0. The molecule has 1 aliphatic rings. The molecule has 0 bridgehead atoms. The molecule has 4 nitrogen and oxygen atoms in total. The second-order valence-corrected chi connectivity index (χ2v) is 22.0. The zero-order valence-corrected chi connectivity index (χ0v) is 23.6. The number of hydrogen-bond donors (Lipinski definition) is 0. The Morgan fingerprint density at radius 3 is 1.31 bits per heavy atom. The van der Waals surface area contributed by atoms with Crippen molar-refractivity contribution in [3.05, 3.63) is 0 Å². The van der Waals surface area contributed by atoms with E-state index in [0.717, 1.165) is 32.1 Å². The van der Waals surface area contributed by atoms with Crippen molar-refractivity contribution in [2.75, 3.05) is 13.2 Å². The van der Waals surface area contributed by atoms with Crippen LogP contribution in [-0.2, 0) is 14.1 Å². The molecular weight excluding hydrogens is 394 g/mol. The van der Waals surface area contributed by atoms with Gasteiger partial charge in [0.25, 0.3) is 0 Å². The van der Waals surface area contributed by atoms with Crippen LogP contribution in [-0.4, -0.2) is 46.0 Å². The molecule has 0 amide bonds. The smallest absolute Gasteiger partial charge is 0.192 e. The van der Waals surface area contributed by atoms with Gasteiger partial charge in [-0.05, 0) is 68.4 Å². The van der Waals surface area contributed by atoms with Gasteiger partial charge in [0.1, 0.15) is 0 Å². The molecule has 1 aliphatic heterocycles. The Morgan fingerprint density at radius 1 is 0.759 bits per heavy atom. The number of nitrogens with zero attached hydrogens (tertiary/aromatic N) is 1. The molecule has 2 unspecified atom stereocenters. The second-order valence-electron chi connectivity index (χ2n) is 12.4. The molecule has 0 saturated carbocycles. The summed E-state index contributed by atoms with van der Waals surface area (Å²) in [5.74, 6) is 0. The van der Waals surface area contributed by atoms with Crippen LogP contribution in [0.25, 0.3) is 0 Å². The van der Waals surface area contributed by atoms with Crippen molar-refractivity contribution in [1.29, 1.82) is 0 Å². The van der Waals surface area contributed by atoms with Gasteiger partial charge in [0.05, 0.1) is 24.3 Å². The Balaban J connectivity index is 3.09. The lowest BCUT2D eigenvalue weighted by Crippen LogP contribution is -2.66. The quantitative estimate of drug-likeness (QED) is 0.373. The molecule has 0 spiro atoms. The van der Waals surface area contributed by atoms with E-state index in [2.05, 4.69) is 81.6 Å². The van der Waals surface area contributed by atoms with Crippen LogP contribution in [0.2, 0.25) is 36.3 Å². The van der Waals surface area contributed by atoms with Crippen molar-refractivity contribution in [2.45, 2.75) is 135 Å². The highest BCUT2D eigenvalue weighted by molar-refractivity contribution is 6.74. The van der Waals surface area contributed by atoms with E-state index < -0.39 is 27.7 Å².